The third kappa shape index (κ3) is 2.14. The lowest BCUT2D eigenvalue weighted by atomic mass is 9.90. The second kappa shape index (κ2) is 3.76. The van der Waals surface area contributed by atoms with Crippen LogP contribution in [0.3, 0.4) is 0 Å². The number of aryl methyl sites for hydroxylation is 1. The molecule has 0 saturated heterocycles. The molecule has 2 rings (SSSR count). The molecule has 3 heteroatoms. The van der Waals surface area contributed by atoms with E-state index in [0.717, 1.165) is 11.8 Å². The van der Waals surface area contributed by atoms with Crippen molar-refractivity contribution >= 4 is 10.8 Å². The van der Waals surface area contributed by atoms with Gasteiger partial charge in [0.05, 0.1) is 0 Å². The molecular formula is C14H15F2N. The fraction of sp³-hybridized carbons (Fsp3) is 0.357. The summed E-state index contributed by atoms with van der Waals surface area (Å²) in [7, 11) is 0. The summed E-state index contributed by atoms with van der Waals surface area (Å²) in [5.41, 5.74) is 1.32. The number of rotatable bonds is 0. The van der Waals surface area contributed by atoms with Gasteiger partial charge in [0.25, 0.3) is 0 Å². The summed E-state index contributed by atoms with van der Waals surface area (Å²) in [5.74, 6) is -1.10. The topological polar surface area (TPSA) is 12.9 Å². The van der Waals surface area contributed by atoms with Gasteiger partial charge in [0.2, 0.25) is 0 Å². The van der Waals surface area contributed by atoms with Gasteiger partial charge >= 0.3 is 0 Å². The van der Waals surface area contributed by atoms with Gasteiger partial charge in [-0.05, 0) is 19.1 Å². The molecule has 0 spiro atoms. The van der Waals surface area contributed by atoms with E-state index in [-0.39, 0.29) is 5.41 Å². The second-order valence-electron chi connectivity index (χ2n) is 5.33. The Bertz CT molecular complexity index is 583. The number of nitrogens with zero attached hydrogens (tertiary/aromatic N) is 1. The highest BCUT2D eigenvalue weighted by atomic mass is 19.1. The molecule has 0 aliphatic heterocycles. The van der Waals surface area contributed by atoms with Gasteiger partial charge in [-0.15, -0.1) is 0 Å². The normalized spacial score (nSPS) is 12.1. The molecule has 1 aromatic carbocycles. The van der Waals surface area contributed by atoms with Crippen LogP contribution in [0.2, 0.25) is 0 Å². The zero-order valence-electron chi connectivity index (χ0n) is 10.4. The van der Waals surface area contributed by atoms with Crippen LogP contribution in [-0.4, -0.2) is 4.98 Å². The van der Waals surface area contributed by atoms with Gasteiger partial charge in [-0.3, -0.25) is 4.98 Å². The molecule has 0 atom stereocenters. The Kier molecular flexibility index (Phi) is 2.64. The van der Waals surface area contributed by atoms with E-state index in [9.17, 15) is 8.78 Å². The molecule has 0 aliphatic rings. The van der Waals surface area contributed by atoms with Crippen molar-refractivity contribution in [2.24, 2.45) is 0 Å². The van der Waals surface area contributed by atoms with Crippen LogP contribution >= 0.6 is 0 Å². The maximum atomic E-state index is 13.7. The van der Waals surface area contributed by atoms with E-state index >= 15 is 0 Å². The highest BCUT2D eigenvalue weighted by Crippen LogP contribution is 2.28. The van der Waals surface area contributed by atoms with Crippen molar-refractivity contribution in [1.29, 1.82) is 0 Å². The molecule has 0 unspecified atom stereocenters. The molecule has 1 heterocycles. The Balaban J connectivity index is 2.83. The van der Waals surface area contributed by atoms with E-state index < -0.39 is 11.6 Å². The first-order valence-electron chi connectivity index (χ1n) is 5.56. The number of fused-ring (bicyclic) bond motifs is 1. The van der Waals surface area contributed by atoms with E-state index in [4.69, 9.17) is 0 Å². The van der Waals surface area contributed by atoms with Crippen molar-refractivity contribution in [2.45, 2.75) is 33.1 Å². The number of pyridine rings is 1. The molecule has 17 heavy (non-hydrogen) atoms. The molecular weight excluding hydrogens is 220 g/mol. The molecule has 0 saturated carbocycles. The van der Waals surface area contributed by atoms with Gasteiger partial charge in [-0.2, -0.15) is 0 Å². The minimum atomic E-state index is -0.566. The minimum Gasteiger partial charge on any atom is -0.257 e. The smallest absolute Gasteiger partial charge is 0.134 e. The van der Waals surface area contributed by atoms with E-state index in [1.54, 1.807) is 13.0 Å². The Hall–Kier alpha value is -1.51. The highest BCUT2D eigenvalue weighted by molar-refractivity contribution is 5.85. The molecule has 2 aromatic rings. The largest absolute Gasteiger partial charge is 0.257 e. The SMILES string of the molecule is Cc1nc(C(C)(C)C)cc2c(F)cc(F)cc12. The van der Waals surface area contributed by atoms with Gasteiger partial charge in [-0.25, -0.2) is 8.78 Å². The van der Waals surface area contributed by atoms with Crippen LogP contribution in [0.4, 0.5) is 8.78 Å². The molecule has 0 bridgehead atoms. The number of halogens is 2. The predicted octanol–water partition coefficient (Wildman–Crippen LogP) is 4.12. The van der Waals surface area contributed by atoms with Crippen LogP contribution < -0.4 is 0 Å². The first kappa shape index (κ1) is 12.0. The lowest BCUT2D eigenvalue weighted by molar-refractivity contribution is 0.566. The standard InChI is InChI=1S/C14H15F2N/c1-8-10-5-9(15)6-12(16)11(10)7-13(17-8)14(2,3)4/h5-7H,1-4H3. The zero-order chi connectivity index (χ0) is 12.8. The van der Waals surface area contributed by atoms with Crippen molar-refractivity contribution < 1.29 is 8.78 Å². The van der Waals surface area contributed by atoms with Crippen LogP contribution in [0.5, 0.6) is 0 Å². The van der Waals surface area contributed by atoms with Crippen molar-refractivity contribution in [3.63, 3.8) is 0 Å². The maximum absolute atomic E-state index is 13.7. The number of hydrogen-bond donors (Lipinski definition) is 0. The summed E-state index contributed by atoms with van der Waals surface area (Å²) in [6.45, 7) is 7.82. The molecule has 0 fully saturated rings. The summed E-state index contributed by atoms with van der Waals surface area (Å²) in [4.78, 5) is 4.42. The molecule has 0 amide bonds. The monoisotopic (exact) mass is 235 g/mol. The molecule has 0 N–H and O–H groups in total. The lowest BCUT2D eigenvalue weighted by Crippen LogP contribution is -2.14. The van der Waals surface area contributed by atoms with Crippen LogP contribution in [0.25, 0.3) is 10.8 Å². The zero-order valence-corrected chi connectivity index (χ0v) is 10.4. The van der Waals surface area contributed by atoms with Gasteiger partial charge in [0.15, 0.2) is 0 Å². The first-order chi connectivity index (χ1) is 7.79. The van der Waals surface area contributed by atoms with E-state index in [0.29, 0.717) is 16.5 Å². The molecule has 0 aliphatic carbocycles. The molecule has 1 nitrogen and oxygen atoms in total. The highest BCUT2D eigenvalue weighted by Gasteiger charge is 2.18. The Morgan fingerprint density at radius 1 is 1.00 bits per heavy atom. The summed E-state index contributed by atoms with van der Waals surface area (Å²) in [5, 5.41) is 0.972. The summed E-state index contributed by atoms with van der Waals surface area (Å²) < 4.78 is 26.9. The molecule has 0 radical (unpaired) electrons. The first-order valence-corrected chi connectivity index (χ1v) is 5.56. The van der Waals surface area contributed by atoms with Crippen molar-refractivity contribution in [3.05, 3.63) is 41.2 Å². The summed E-state index contributed by atoms with van der Waals surface area (Å²) in [6, 6.07) is 3.94. The third-order valence-corrected chi connectivity index (χ3v) is 2.82. The summed E-state index contributed by atoms with van der Waals surface area (Å²) >= 11 is 0. The average molecular weight is 235 g/mol. The minimum absolute atomic E-state index is 0.153. The van der Waals surface area contributed by atoms with E-state index in [2.05, 4.69) is 4.98 Å². The second-order valence-corrected chi connectivity index (χ2v) is 5.33. The fourth-order valence-corrected chi connectivity index (χ4v) is 1.82. The van der Waals surface area contributed by atoms with Gasteiger partial charge in [0, 0.05) is 33.6 Å². The predicted molar refractivity (Wildman–Crippen MR) is 65.1 cm³/mol. The van der Waals surface area contributed by atoms with E-state index in [1.807, 2.05) is 20.8 Å². The Morgan fingerprint density at radius 3 is 2.24 bits per heavy atom. The quantitative estimate of drug-likeness (QED) is 0.669. The number of hydrogen-bond acceptors (Lipinski definition) is 1. The summed E-state index contributed by atoms with van der Waals surface area (Å²) in [6.07, 6.45) is 0. The average Bonchev–Trinajstić information content (AvgIpc) is 2.17. The van der Waals surface area contributed by atoms with Gasteiger partial charge < -0.3 is 0 Å². The third-order valence-electron chi connectivity index (χ3n) is 2.82. The van der Waals surface area contributed by atoms with Crippen molar-refractivity contribution in [1.82, 2.24) is 4.98 Å². The van der Waals surface area contributed by atoms with E-state index in [1.165, 1.54) is 6.07 Å². The van der Waals surface area contributed by atoms with Crippen LogP contribution in [0.1, 0.15) is 32.2 Å². The number of aromatic nitrogens is 1. The molecule has 90 valence electrons. The fourth-order valence-electron chi connectivity index (χ4n) is 1.82. The number of benzene rings is 1. The van der Waals surface area contributed by atoms with Gasteiger partial charge in [-0.1, -0.05) is 20.8 Å². The molecule has 1 aromatic heterocycles. The lowest BCUT2D eigenvalue weighted by Gasteiger charge is -2.19. The van der Waals surface area contributed by atoms with Gasteiger partial charge in [0.1, 0.15) is 11.6 Å². The van der Waals surface area contributed by atoms with Crippen LogP contribution in [0, 0.1) is 18.6 Å². The Morgan fingerprint density at radius 2 is 1.65 bits per heavy atom. The van der Waals surface area contributed by atoms with Crippen LogP contribution in [0.15, 0.2) is 18.2 Å². The van der Waals surface area contributed by atoms with Crippen LogP contribution in [-0.2, 0) is 5.41 Å². The maximum Gasteiger partial charge on any atom is 0.134 e. The van der Waals surface area contributed by atoms with Crippen molar-refractivity contribution in [2.75, 3.05) is 0 Å². The Labute approximate surface area is 99.5 Å². The van der Waals surface area contributed by atoms with Crippen molar-refractivity contribution in [3.8, 4) is 0 Å².